The molecule has 0 aromatic carbocycles. The molecule has 2 N–H and O–H groups in total. The van der Waals surface area contributed by atoms with E-state index in [-0.39, 0.29) is 6.04 Å². The van der Waals surface area contributed by atoms with Crippen LogP contribution < -0.4 is 5.73 Å². The van der Waals surface area contributed by atoms with Gasteiger partial charge in [0.25, 0.3) is 0 Å². The molecule has 84 valence electrons. The summed E-state index contributed by atoms with van der Waals surface area (Å²) in [7, 11) is 4.15. The first-order chi connectivity index (χ1) is 7.08. The molecule has 1 aliphatic rings. The van der Waals surface area contributed by atoms with E-state index in [9.17, 15) is 0 Å². The number of aromatic nitrogens is 1. The van der Waals surface area contributed by atoms with Crippen LogP contribution in [0.4, 0.5) is 0 Å². The molecule has 2 rings (SSSR count). The monoisotopic (exact) mass is 225 g/mol. The SMILES string of the molecule is CC(N)c1sc(CN(C)C)nc1C1CC1. The lowest BCUT2D eigenvalue weighted by Gasteiger charge is -2.05. The largest absolute Gasteiger partial charge is 0.323 e. The summed E-state index contributed by atoms with van der Waals surface area (Å²) in [6.07, 6.45) is 2.59. The predicted octanol–water partition coefficient (Wildman–Crippen LogP) is 2.10. The third kappa shape index (κ3) is 2.56. The maximum atomic E-state index is 5.98. The summed E-state index contributed by atoms with van der Waals surface area (Å²) in [4.78, 5) is 8.18. The van der Waals surface area contributed by atoms with Crippen LogP contribution in [0.15, 0.2) is 0 Å². The Balaban J connectivity index is 2.23. The highest BCUT2D eigenvalue weighted by atomic mass is 32.1. The topological polar surface area (TPSA) is 42.1 Å². The lowest BCUT2D eigenvalue weighted by Crippen LogP contribution is -2.10. The second-order valence-electron chi connectivity index (χ2n) is 4.66. The summed E-state index contributed by atoms with van der Waals surface area (Å²) < 4.78 is 0. The third-order valence-electron chi connectivity index (χ3n) is 2.55. The number of rotatable bonds is 4. The van der Waals surface area contributed by atoms with E-state index >= 15 is 0 Å². The lowest BCUT2D eigenvalue weighted by molar-refractivity contribution is 0.401. The maximum Gasteiger partial charge on any atom is 0.107 e. The van der Waals surface area contributed by atoms with E-state index in [2.05, 4.69) is 25.9 Å². The average Bonchev–Trinajstić information content (AvgIpc) is 2.87. The third-order valence-corrected chi connectivity index (χ3v) is 3.81. The molecule has 3 nitrogen and oxygen atoms in total. The fourth-order valence-corrected chi connectivity index (χ4v) is 2.93. The summed E-state index contributed by atoms with van der Waals surface area (Å²) >= 11 is 1.79. The molecule has 0 amide bonds. The van der Waals surface area contributed by atoms with Gasteiger partial charge in [-0.1, -0.05) is 0 Å². The quantitative estimate of drug-likeness (QED) is 0.853. The fourth-order valence-electron chi connectivity index (χ4n) is 1.71. The van der Waals surface area contributed by atoms with Gasteiger partial charge in [-0.05, 0) is 33.9 Å². The smallest absolute Gasteiger partial charge is 0.107 e. The minimum atomic E-state index is 0.133. The minimum Gasteiger partial charge on any atom is -0.323 e. The van der Waals surface area contributed by atoms with Gasteiger partial charge in [0, 0.05) is 23.4 Å². The van der Waals surface area contributed by atoms with Crippen LogP contribution in [0.25, 0.3) is 0 Å². The highest BCUT2D eigenvalue weighted by Crippen LogP contribution is 2.44. The summed E-state index contributed by atoms with van der Waals surface area (Å²) in [5, 5.41) is 1.20. The van der Waals surface area contributed by atoms with Gasteiger partial charge in [-0.25, -0.2) is 4.98 Å². The van der Waals surface area contributed by atoms with Gasteiger partial charge in [-0.3, -0.25) is 0 Å². The molecule has 0 saturated heterocycles. The maximum absolute atomic E-state index is 5.98. The molecular formula is C11H19N3S. The first-order valence-electron chi connectivity index (χ1n) is 5.47. The van der Waals surface area contributed by atoms with Crippen LogP contribution in [0.3, 0.4) is 0 Å². The highest BCUT2D eigenvalue weighted by molar-refractivity contribution is 7.11. The van der Waals surface area contributed by atoms with Gasteiger partial charge in [0.2, 0.25) is 0 Å². The first-order valence-corrected chi connectivity index (χ1v) is 6.29. The van der Waals surface area contributed by atoms with Crippen molar-refractivity contribution in [1.29, 1.82) is 0 Å². The second-order valence-corrected chi connectivity index (χ2v) is 5.77. The van der Waals surface area contributed by atoms with Crippen molar-refractivity contribution in [2.24, 2.45) is 5.73 Å². The molecule has 0 aliphatic heterocycles. The molecule has 4 heteroatoms. The van der Waals surface area contributed by atoms with Crippen molar-refractivity contribution in [1.82, 2.24) is 9.88 Å². The molecule has 0 radical (unpaired) electrons. The lowest BCUT2D eigenvalue weighted by atomic mass is 10.2. The molecule has 0 bridgehead atoms. The zero-order valence-corrected chi connectivity index (χ0v) is 10.5. The van der Waals surface area contributed by atoms with Crippen molar-refractivity contribution in [3.63, 3.8) is 0 Å². The summed E-state index contributed by atoms with van der Waals surface area (Å²) in [5.74, 6) is 0.707. The van der Waals surface area contributed by atoms with Crippen LogP contribution in [0.1, 0.15) is 47.3 Å². The molecule has 1 saturated carbocycles. The van der Waals surface area contributed by atoms with Gasteiger partial charge < -0.3 is 10.6 Å². The minimum absolute atomic E-state index is 0.133. The van der Waals surface area contributed by atoms with E-state index in [1.807, 2.05) is 0 Å². The van der Waals surface area contributed by atoms with Gasteiger partial charge >= 0.3 is 0 Å². The Hall–Kier alpha value is -0.450. The Bertz CT molecular complexity index is 320. The first kappa shape index (κ1) is 11.0. The number of hydrogen-bond donors (Lipinski definition) is 1. The molecule has 1 atom stereocenters. The van der Waals surface area contributed by atoms with E-state index in [0.717, 1.165) is 6.54 Å². The number of thiazole rings is 1. The number of nitrogens with zero attached hydrogens (tertiary/aromatic N) is 2. The summed E-state index contributed by atoms with van der Waals surface area (Å²) in [6, 6.07) is 0.133. The second kappa shape index (κ2) is 4.20. The number of hydrogen-bond acceptors (Lipinski definition) is 4. The zero-order chi connectivity index (χ0) is 11.0. The molecule has 1 fully saturated rings. The van der Waals surface area contributed by atoms with Crippen LogP contribution >= 0.6 is 11.3 Å². The Morgan fingerprint density at radius 1 is 1.53 bits per heavy atom. The van der Waals surface area contributed by atoms with Crippen molar-refractivity contribution in [3.8, 4) is 0 Å². The Morgan fingerprint density at radius 3 is 2.67 bits per heavy atom. The standard InChI is InChI=1S/C11H19N3S/c1-7(12)11-10(8-4-5-8)13-9(15-11)6-14(2)3/h7-8H,4-6,12H2,1-3H3. The predicted molar refractivity (Wildman–Crippen MR) is 64.1 cm³/mol. The van der Waals surface area contributed by atoms with E-state index in [0.29, 0.717) is 5.92 Å². The molecule has 1 aliphatic carbocycles. The van der Waals surface area contributed by atoms with Crippen molar-refractivity contribution in [2.45, 2.75) is 38.3 Å². The van der Waals surface area contributed by atoms with Crippen molar-refractivity contribution in [2.75, 3.05) is 14.1 Å². The van der Waals surface area contributed by atoms with E-state index < -0.39 is 0 Å². The van der Waals surface area contributed by atoms with Crippen molar-refractivity contribution < 1.29 is 0 Å². The van der Waals surface area contributed by atoms with Crippen LogP contribution in [0.5, 0.6) is 0 Å². The van der Waals surface area contributed by atoms with Crippen LogP contribution in [0.2, 0.25) is 0 Å². The molecule has 1 unspecified atom stereocenters. The molecular weight excluding hydrogens is 206 g/mol. The van der Waals surface area contributed by atoms with Gasteiger partial charge in [-0.2, -0.15) is 0 Å². The Labute approximate surface area is 95.3 Å². The normalized spacial score (nSPS) is 18.5. The molecule has 1 heterocycles. The summed E-state index contributed by atoms with van der Waals surface area (Å²) in [6.45, 7) is 2.98. The van der Waals surface area contributed by atoms with Gasteiger partial charge in [0.15, 0.2) is 0 Å². The molecule has 1 aromatic rings. The Kier molecular flexibility index (Phi) is 3.09. The van der Waals surface area contributed by atoms with Crippen LogP contribution in [-0.2, 0) is 6.54 Å². The molecule has 0 spiro atoms. The summed E-state index contributed by atoms with van der Waals surface area (Å²) in [5.41, 5.74) is 7.27. The number of nitrogens with two attached hydrogens (primary N) is 1. The van der Waals surface area contributed by atoms with Crippen LogP contribution in [0, 0.1) is 0 Å². The molecule has 15 heavy (non-hydrogen) atoms. The van der Waals surface area contributed by atoms with E-state index in [1.165, 1.54) is 28.4 Å². The van der Waals surface area contributed by atoms with Gasteiger partial charge in [0.05, 0.1) is 5.69 Å². The zero-order valence-electron chi connectivity index (χ0n) is 9.66. The van der Waals surface area contributed by atoms with E-state index in [1.54, 1.807) is 11.3 Å². The van der Waals surface area contributed by atoms with Crippen molar-refractivity contribution >= 4 is 11.3 Å². The van der Waals surface area contributed by atoms with Crippen LogP contribution in [-0.4, -0.2) is 24.0 Å². The molecule has 1 aromatic heterocycles. The van der Waals surface area contributed by atoms with Gasteiger partial charge in [0.1, 0.15) is 5.01 Å². The van der Waals surface area contributed by atoms with E-state index in [4.69, 9.17) is 10.7 Å². The fraction of sp³-hybridized carbons (Fsp3) is 0.727. The Morgan fingerprint density at radius 2 is 2.20 bits per heavy atom. The highest BCUT2D eigenvalue weighted by Gasteiger charge is 2.30. The average molecular weight is 225 g/mol. The van der Waals surface area contributed by atoms with Gasteiger partial charge in [-0.15, -0.1) is 11.3 Å². The van der Waals surface area contributed by atoms with Crippen molar-refractivity contribution in [3.05, 3.63) is 15.6 Å².